The van der Waals surface area contributed by atoms with Crippen molar-refractivity contribution in [3.05, 3.63) is 87.9 Å². The largest absolute Gasteiger partial charge is 0.507 e. The molecule has 7 nitrogen and oxygen atoms in total. The Balaban J connectivity index is 1.68. The molecular formula is C26H20BrNO6. The van der Waals surface area contributed by atoms with Crippen molar-refractivity contribution in [2.45, 2.75) is 6.04 Å². The molecule has 0 radical (unpaired) electrons. The van der Waals surface area contributed by atoms with E-state index in [1.54, 1.807) is 36.4 Å². The quantitative estimate of drug-likeness (QED) is 0.300. The van der Waals surface area contributed by atoms with E-state index in [9.17, 15) is 14.7 Å². The lowest BCUT2D eigenvalue weighted by Gasteiger charge is -2.27. The zero-order chi connectivity index (χ0) is 23.8. The highest BCUT2D eigenvalue weighted by Gasteiger charge is 2.47. The molecule has 2 aliphatic heterocycles. The second-order valence-corrected chi connectivity index (χ2v) is 8.61. The van der Waals surface area contributed by atoms with E-state index in [0.29, 0.717) is 51.7 Å². The third kappa shape index (κ3) is 3.70. The van der Waals surface area contributed by atoms with E-state index in [0.717, 1.165) is 0 Å². The maximum Gasteiger partial charge on any atom is 0.300 e. The van der Waals surface area contributed by atoms with Gasteiger partial charge in [0, 0.05) is 17.3 Å². The van der Waals surface area contributed by atoms with Crippen molar-refractivity contribution in [2.24, 2.45) is 0 Å². The van der Waals surface area contributed by atoms with Crippen LogP contribution in [0.15, 0.2) is 76.8 Å². The number of methoxy groups -OCH3 is 1. The normalized spacial score (nSPS) is 18.8. The lowest BCUT2D eigenvalue weighted by molar-refractivity contribution is -0.132. The molecule has 3 aromatic carbocycles. The van der Waals surface area contributed by atoms with Crippen LogP contribution in [0.4, 0.5) is 5.69 Å². The summed E-state index contributed by atoms with van der Waals surface area (Å²) in [5, 5.41) is 11.3. The van der Waals surface area contributed by atoms with Crippen molar-refractivity contribution in [1.29, 1.82) is 0 Å². The number of halogens is 1. The Labute approximate surface area is 204 Å². The number of anilines is 1. The number of Topliss-reactive ketones (excluding diaryl/α,β-unsaturated/α-hetero) is 1. The summed E-state index contributed by atoms with van der Waals surface area (Å²) in [5.74, 6) is -0.126. The van der Waals surface area contributed by atoms with Crippen LogP contribution in [-0.4, -0.2) is 37.1 Å². The first-order valence-electron chi connectivity index (χ1n) is 10.6. The number of ketones is 1. The monoisotopic (exact) mass is 521 g/mol. The molecule has 172 valence electrons. The Morgan fingerprint density at radius 1 is 1.00 bits per heavy atom. The molecule has 1 N–H and O–H groups in total. The molecule has 2 heterocycles. The second-order valence-electron chi connectivity index (χ2n) is 7.76. The Hall–Kier alpha value is -3.78. The highest BCUT2D eigenvalue weighted by Crippen LogP contribution is 2.44. The Kier molecular flexibility index (Phi) is 5.75. The molecule has 5 rings (SSSR count). The van der Waals surface area contributed by atoms with Gasteiger partial charge in [0.15, 0.2) is 11.5 Å². The average Bonchev–Trinajstić information content (AvgIpc) is 3.14. The first-order chi connectivity index (χ1) is 16.5. The summed E-state index contributed by atoms with van der Waals surface area (Å²) in [6.07, 6.45) is 0. The molecule has 0 aromatic heterocycles. The van der Waals surface area contributed by atoms with E-state index in [-0.39, 0.29) is 11.3 Å². The Bertz CT molecular complexity index is 1320. The number of carbonyl (C=O) groups excluding carboxylic acids is 2. The number of fused-ring (bicyclic) bond motifs is 1. The third-order valence-corrected chi connectivity index (χ3v) is 6.41. The summed E-state index contributed by atoms with van der Waals surface area (Å²) in [5.41, 5.74) is 1.54. The standard InChI is InChI=1S/C26H20BrNO6/c1-32-19-9-7-16(13-18(19)27)24(29)22-23(15-5-3-2-4-6-15)28(26(31)25(22)30)17-8-10-20-21(14-17)34-12-11-33-20/h2-10,13-14,23,29H,11-12H2,1H3/b24-22+. The number of hydrogen-bond donors (Lipinski definition) is 1. The van der Waals surface area contributed by atoms with Gasteiger partial charge in [0.05, 0.1) is 23.2 Å². The van der Waals surface area contributed by atoms with Crippen molar-refractivity contribution in [3.63, 3.8) is 0 Å². The lowest BCUT2D eigenvalue weighted by atomic mass is 9.95. The number of nitrogens with zero attached hydrogens (tertiary/aromatic N) is 1. The van der Waals surface area contributed by atoms with Crippen LogP contribution in [0.1, 0.15) is 17.2 Å². The maximum atomic E-state index is 13.3. The van der Waals surface area contributed by atoms with Crippen LogP contribution >= 0.6 is 15.9 Å². The van der Waals surface area contributed by atoms with Gasteiger partial charge in [-0.05, 0) is 51.8 Å². The number of ether oxygens (including phenoxy) is 3. The zero-order valence-corrected chi connectivity index (χ0v) is 19.7. The predicted molar refractivity (Wildman–Crippen MR) is 129 cm³/mol. The number of aliphatic hydroxyl groups is 1. The molecule has 1 saturated heterocycles. The van der Waals surface area contributed by atoms with Crippen molar-refractivity contribution < 1.29 is 28.9 Å². The van der Waals surface area contributed by atoms with Gasteiger partial charge in [-0.3, -0.25) is 14.5 Å². The number of amides is 1. The molecule has 1 atom stereocenters. The van der Waals surface area contributed by atoms with Crippen LogP contribution in [-0.2, 0) is 9.59 Å². The minimum Gasteiger partial charge on any atom is -0.507 e. The summed E-state index contributed by atoms with van der Waals surface area (Å²) in [6, 6.07) is 18.4. The molecule has 1 amide bonds. The molecule has 3 aromatic rings. The minimum atomic E-state index is -0.829. The topological polar surface area (TPSA) is 85.3 Å². The maximum absolute atomic E-state index is 13.3. The smallest absolute Gasteiger partial charge is 0.300 e. The highest BCUT2D eigenvalue weighted by atomic mass is 79.9. The number of hydrogen-bond acceptors (Lipinski definition) is 6. The first kappa shape index (κ1) is 22.0. The zero-order valence-electron chi connectivity index (χ0n) is 18.2. The lowest BCUT2D eigenvalue weighted by Crippen LogP contribution is -2.29. The third-order valence-electron chi connectivity index (χ3n) is 5.79. The summed E-state index contributed by atoms with van der Waals surface area (Å²) in [6.45, 7) is 0.835. The van der Waals surface area contributed by atoms with Gasteiger partial charge >= 0.3 is 0 Å². The predicted octanol–water partition coefficient (Wildman–Crippen LogP) is 4.86. The van der Waals surface area contributed by atoms with E-state index in [4.69, 9.17) is 14.2 Å². The van der Waals surface area contributed by atoms with Gasteiger partial charge in [0.2, 0.25) is 0 Å². The van der Waals surface area contributed by atoms with Crippen LogP contribution in [0.25, 0.3) is 5.76 Å². The minimum absolute atomic E-state index is 0.00292. The second kappa shape index (κ2) is 8.87. The fourth-order valence-corrected chi connectivity index (χ4v) is 4.74. The molecule has 2 aliphatic rings. The van der Waals surface area contributed by atoms with Crippen LogP contribution in [0.2, 0.25) is 0 Å². The molecule has 0 saturated carbocycles. The van der Waals surface area contributed by atoms with Gasteiger partial charge in [-0.2, -0.15) is 0 Å². The molecular weight excluding hydrogens is 502 g/mol. The van der Waals surface area contributed by atoms with Gasteiger partial charge in [-0.25, -0.2) is 0 Å². The van der Waals surface area contributed by atoms with Gasteiger partial charge in [0.25, 0.3) is 11.7 Å². The van der Waals surface area contributed by atoms with E-state index in [2.05, 4.69) is 15.9 Å². The summed E-state index contributed by atoms with van der Waals surface area (Å²) in [7, 11) is 1.54. The molecule has 0 bridgehead atoms. The van der Waals surface area contributed by atoms with E-state index < -0.39 is 17.7 Å². The summed E-state index contributed by atoms with van der Waals surface area (Å²) in [4.78, 5) is 28.0. The van der Waals surface area contributed by atoms with Crippen molar-refractivity contribution in [1.82, 2.24) is 0 Å². The molecule has 8 heteroatoms. The fourth-order valence-electron chi connectivity index (χ4n) is 4.20. The fraction of sp³-hybridized carbons (Fsp3) is 0.154. The van der Waals surface area contributed by atoms with Crippen LogP contribution in [0.3, 0.4) is 0 Å². The van der Waals surface area contributed by atoms with Gasteiger partial charge in [-0.15, -0.1) is 0 Å². The van der Waals surface area contributed by atoms with E-state index in [1.165, 1.54) is 12.0 Å². The average molecular weight is 522 g/mol. The molecule has 1 fully saturated rings. The van der Waals surface area contributed by atoms with Gasteiger partial charge in [-0.1, -0.05) is 30.3 Å². The van der Waals surface area contributed by atoms with Crippen LogP contribution in [0.5, 0.6) is 17.2 Å². The molecule has 0 aliphatic carbocycles. The molecule has 0 spiro atoms. The highest BCUT2D eigenvalue weighted by molar-refractivity contribution is 9.10. The first-order valence-corrected chi connectivity index (χ1v) is 11.4. The summed E-state index contributed by atoms with van der Waals surface area (Å²) >= 11 is 3.41. The Morgan fingerprint density at radius 3 is 2.44 bits per heavy atom. The number of aliphatic hydroxyl groups excluding tert-OH is 1. The number of rotatable bonds is 4. The van der Waals surface area contributed by atoms with Crippen LogP contribution in [0, 0.1) is 0 Å². The SMILES string of the molecule is COc1ccc(/C(O)=C2\C(=O)C(=O)N(c3ccc4c(c3)OCCO4)C2c2ccccc2)cc1Br. The van der Waals surface area contributed by atoms with E-state index >= 15 is 0 Å². The van der Waals surface area contributed by atoms with Crippen molar-refractivity contribution in [3.8, 4) is 17.2 Å². The molecule has 34 heavy (non-hydrogen) atoms. The molecule has 1 unspecified atom stereocenters. The number of benzene rings is 3. The van der Waals surface area contributed by atoms with Crippen molar-refractivity contribution >= 4 is 39.1 Å². The van der Waals surface area contributed by atoms with Gasteiger partial charge < -0.3 is 19.3 Å². The Morgan fingerprint density at radius 2 is 1.74 bits per heavy atom. The summed E-state index contributed by atoms with van der Waals surface area (Å²) < 4.78 is 17.1. The van der Waals surface area contributed by atoms with E-state index in [1.807, 2.05) is 30.3 Å². The van der Waals surface area contributed by atoms with Crippen molar-refractivity contribution in [2.75, 3.05) is 25.2 Å². The van der Waals surface area contributed by atoms with Crippen LogP contribution < -0.4 is 19.1 Å². The van der Waals surface area contributed by atoms with Gasteiger partial charge in [0.1, 0.15) is 24.7 Å². The number of carbonyl (C=O) groups is 2.